The van der Waals surface area contributed by atoms with Gasteiger partial charge in [-0.25, -0.2) is 4.79 Å². The van der Waals surface area contributed by atoms with Gasteiger partial charge >= 0.3 is 5.97 Å². The van der Waals surface area contributed by atoms with E-state index in [9.17, 15) is 9.90 Å². The van der Waals surface area contributed by atoms with Crippen LogP contribution in [0, 0.1) is 0 Å². The molecule has 1 N–H and O–H groups in total. The topological polar surface area (TPSA) is 46.5 Å². The van der Waals surface area contributed by atoms with Crippen LogP contribution in [0.4, 0.5) is 0 Å². The highest BCUT2D eigenvalue weighted by Crippen LogP contribution is 2.13. The lowest BCUT2D eigenvalue weighted by Crippen LogP contribution is -2.01. The van der Waals surface area contributed by atoms with Crippen LogP contribution in [0.5, 0.6) is 0 Å². The molecule has 0 saturated heterocycles. The van der Waals surface area contributed by atoms with Crippen molar-refractivity contribution in [2.75, 3.05) is 13.2 Å². The molecule has 0 bridgehead atoms. The van der Waals surface area contributed by atoms with Gasteiger partial charge in [0.15, 0.2) is 0 Å². The third-order valence-corrected chi connectivity index (χ3v) is 2.73. The van der Waals surface area contributed by atoms with Crippen molar-refractivity contribution in [3.8, 4) is 0 Å². The maximum absolute atomic E-state index is 11.3. The Balaban J connectivity index is 2.83. The summed E-state index contributed by atoms with van der Waals surface area (Å²) in [7, 11) is 0. The van der Waals surface area contributed by atoms with E-state index < -0.39 is 0 Å². The molecule has 19 heavy (non-hydrogen) atoms. The van der Waals surface area contributed by atoms with E-state index in [0.29, 0.717) is 13.0 Å². The van der Waals surface area contributed by atoms with E-state index in [1.807, 2.05) is 37.3 Å². The van der Waals surface area contributed by atoms with Gasteiger partial charge in [0.1, 0.15) is 0 Å². The van der Waals surface area contributed by atoms with Crippen LogP contribution in [0.1, 0.15) is 19.4 Å². The van der Waals surface area contributed by atoms with Crippen molar-refractivity contribution in [3.05, 3.63) is 59.2 Å². The van der Waals surface area contributed by atoms with Crippen molar-refractivity contribution in [3.63, 3.8) is 0 Å². The summed E-state index contributed by atoms with van der Waals surface area (Å²) in [6.45, 7) is 3.97. The van der Waals surface area contributed by atoms with E-state index >= 15 is 0 Å². The van der Waals surface area contributed by atoms with E-state index in [2.05, 4.69) is 0 Å². The van der Waals surface area contributed by atoms with Crippen molar-refractivity contribution in [2.45, 2.75) is 20.3 Å². The maximum atomic E-state index is 11.3. The maximum Gasteiger partial charge on any atom is 0.330 e. The molecule has 0 aromatic heterocycles. The van der Waals surface area contributed by atoms with E-state index in [1.165, 1.54) is 6.08 Å². The zero-order chi connectivity index (χ0) is 14.1. The first-order chi connectivity index (χ1) is 9.17. The molecule has 1 aromatic carbocycles. The Morgan fingerprint density at radius 2 is 1.95 bits per heavy atom. The Kier molecular flexibility index (Phi) is 6.61. The van der Waals surface area contributed by atoms with Gasteiger partial charge < -0.3 is 9.84 Å². The monoisotopic (exact) mass is 260 g/mol. The van der Waals surface area contributed by atoms with Crippen LogP contribution in [0.2, 0.25) is 0 Å². The van der Waals surface area contributed by atoms with Gasteiger partial charge in [-0.15, -0.1) is 0 Å². The Labute approximate surface area is 114 Å². The largest absolute Gasteiger partial charge is 0.463 e. The number of esters is 1. The van der Waals surface area contributed by atoms with Crippen LogP contribution in [0.25, 0.3) is 0 Å². The highest BCUT2D eigenvalue weighted by molar-refractivity contribution is 5.82. The summed E-state index contributed by atoms with van der Waals surface area (Å²) in [5.41, 5.74) is 2.92. The molecule has 0 atom stereocenters. The van der Waals surface area contributed by atoms with Crippen molar-refractivity contribution in [2.24, 2.45) is 0 Å². The molecular formula is C16H20O3. The summed E-state index contributed by atoms with van der Waals surface area (Å²) in [5, 5.41) is 9.24. The van der Waals surface area contributed by atoms with Gasteiger partial charge in [-0.1, -0.05) is 36.4 Å². The smallest absolute Gasteiger partial charge is 0.330 e. The molecule has 1 aromatic rings. The molecule has 102 valence electrons. The quantitative estimate of drug-likeness (QED) is 0.486. The molecular weight excluding hydrogens is 240 g/mol. The standard InChI is InChI=1S/C16H20O3/c1-3-19-16(18)10-9-15(13(2)12-17)11-14-7-5-4-6-8-14/h4-10,17H,3,11-12H2,1-2H3/b10-9+,15-13+. The first-order valence-electron chi connectivity index (χ1n) is 6.35. The van der Waals surface area contributed by atoms with Crippen LogP contribution >= 0.6 is 0 Å². The van der Waals surface area contributed by atoms with Crippen LogP contribution in [-0.4, -0.2) is 24.3 Å². The number of ether oxygens (including phenoxy) is 1. The van der Waals surface area contributed by atoms with Crippen molar-refractivity contribution < 1.29 is 14.6 Å². The summed E-state index contributed by atoms with van der Waals surface area (Å²) >= 11 is 0. The summed E-state index contributed by atoms with van der Waals surface area (Å²) in [6, 6.07) is 9.93. The van der Waals surface area contributed by atoms with Crippen molar-refractivity contribution in [1.29, 1.82) is 0 Å². The molecule has 0 radical (unpaired) electrons. The van der Waals surface area contributed by atoms with Gasteiger partial charge in [0.05, 0.1) is 13.2 Å². The second-order valence-corrected chi connectivity index (χ2v) is 4.21. The number of carbonyl (C=O) groups excluding carboxylic acids is 1. The van der Waals surface area contributed by atoms with Gasteiger partial charge in [-0.2, -0.15) is 0 Å². The fourth-order valence-electron chi connectivity index (χ4n) is 1.63. The first kappa shape index (κ1) is 15.2. The lowest BCUT2D eigenvalue weighted by atomic mass is 10.0. The number of allylic oxidation sites excluding steroid dienone is 2. The van der Waals surface area contributed by atoms with Crippen LogP contribution in [0.15, 0.2) is 53.6 Å². The van der Waals surface area contributed by atoms with Gasteiger partial charge in [0.2, 0.25) is 0 Å². The van der Waals surface area contributed by atoms with E-state index in [-0.39, 0.29) is 12.6 Å². The average Bonchev–Trinajstić information content (AvgIpc) is 2.44. The number of hydrogen-bond donors (Lipinski definition) is 1. The molecule has 0 aliphatic heterocycles. The van der Waals surface area contributed by atoms with Gasteiger partial charge in [0, 0.05) is 6.08 Å². The Hall–Kier alpha value is -1.87. The first-order valence-corrected chi connectivity index (χ1v) is 6.35. The van der Waals surface area contributed by atoms with E-state index in [1.54, 1.807) is 13.0 Å². The van der Waals surface area contributed by atoms with Gasteiger partial charge in [-0.05, 0) is 37.0 Å². The highest BCUT2D eigenvalue weighted by Gasteiger charge is 2.02. The second kappa shape index (κ2) is 8.27. The fourth-order valence-corrected chi connectivity index (χ4v) is 1.63. The zero-order valence-electron chi connectivity index (χ0n) is 11.4. The fraction of sp³-hybridized carbons (Fsp3) is 0.312. The summed E-state index contributed by atoms with van der Waals surface area (Å²) in [6.07, 6.45) is 3.81. The summed E-state index contributed by atoms with van der Waals surface area (Å²) in [5.74, 6) is -0.362. The molecule has 0 spiro atoms. The van der Waals surface area contributed by atoms with Crippen molar-refractivity contribution in [1.82, 2.24) is 0 Å². The number of aliphatic hydroxyl groups is 1. The zero-order valence-corrected chi connectivity index (χ0v) is 11.4. The van der Waals surface area contributed by atoms with Crippen LogP contribution in [-0.2, 0) is 16.0 Å². The van der Waals surface area contributed by atoms with Crippen LogP contribution < -0.4 is 0 Å². The Bertz CT molecular complexity index is 458. The molecule has 0 saturated carbocycles. The number of hydrogen-bond acceptors (Lipinski definition) is 3. The second-order valence-electron chi connectivity index (χ2n) is 4.21. The molecule has 0 fully saturated rings. The number of aliphatic hydroxyl groups excluding tert-OH is 1. The minimum absolute atomic E-state index is 0.0185. The van der Waals surface area contributed by atoms with Gasteiger partial charge in [-0.3, -0.25) is 0 Å². The molecule has 0 aliphatic rings. The highest BCUT2D eigenvalue weighted by atomic mass is 16.5. The Morgan fingerprint density at radius 1 is 1.26 bits per heavy atom. The van der Waals surface area contributed by atoms with Gasteiger partial charge in [0.25, 0.3) is 0 Å². The normalized spacial score (nSPS) is 12.4. The number of rotatable bonds is 6. The molecule has 3 nitrogen and oxygen atoms in total. The molecule has 0 heterocycles. The minimum atomic E-state index is -0.362. The van der Waals surface area contributed by atoms with E-state index in [0.717, 1.165) is 16.7 Å². The number of benzene rings is 1. The SMILES string of the molecule is CCOC(=O)/C=C/C(Cc1ccccc1)=C(/C)CO. The predicted octanol–water partition coefficient (Wildman–Crippen LogP) is 2.66. The molecule has 3 heteroatoms. The predicted molar refractivity (Wildman–Crippen MR) is 75.7 cm³/mol. The minimum Gasteiger partial charge on any atom is -0.463 e. The molecule has 0 aliphatic carbocycles. The summed E-state index contributed by atoms with van der Waals surface area (Å²) < 4.78 is 4.85. The molecule has 0 unspecified atom stereocenters. The van der Waals surface area contributed by atoms with Crippen molar-refractivity contribution >= 4 is 5.97 Å². The van der Waals surface area contributed by atoms with Crippen LogP contribution in [0.3, 0.4) is 0 Å². The van der Waals surface area contributed by atoms with E-state index in [4.69, 9.17) is 4.74 Å². The third-order valence-electron chi connectivity index (χ3n) is 2.73. The third kappa shape index (κ3) is 5.53. The molecule has 1 rings (SSSR count). The lowest BCUT2D eigenvalue weighted by molar-refractivity contribution is -0.137. The lowest BCUT2D eigenvalue weighted by Gasteiger charge is -2.07. The Morgan fingerprint density at radius 3 is 2.53 bits per heavy atom. The molecule has 0 amide bonds. The number of carbonyl (C=O) groups is 1. The summed E-state index contributed by atoms with van der Waals surface area (Å²) in [4.78, 5) is 11.3. The average molecular weight is 260 g/mol.